The topological polar surface area (TPSA) is 9.86 Å². The number of nitrogens with zero attached hydrogens (tertiary/aromatic N) is 2. The number of hydrogen-bond donors (Lipinski definition) is 0. The van der Waals surface area contributed by atoms with Gasteiger partial charge in [-0.1, -0.05) is 52.4 Å². The van der Waals surface area contributed by atoms with E-state index in [1.54, 1.807) is 0 Å². The van der Waals surface area contributed by atoms with Crippen LogP contribution in [0.15, 0.2) is 35.0 Å². The molecule has 0 atom stereocenters. The molecular formula is C26H32N2S2. The molecule has 0 aliphatic carbocycles. The summed E-state index contributed by atoms with van der Waals surface area (Å²) in [4.78, 5) is 0. The van der Waals surface area contributed by atoms with Gasteiger partial charge in [-0.3, -0.25) is 0 Å². The Kier molecular flexibility index (Phi) is 5.88. The molecule has 4 heteroatoms. The SMILES string of the molecule is CCCCCCn1c2cc3c4sccc4n(CCCCCC)c3cc2c2sccc21. The Bertz CT molecular complexity index is 1180. The van der Waals surface area contributed by atoms with Gasteiger partial charge in [0.05, 0.1) is 31.5 Å². The minimum absolute atomic E-state index is 1.13. The van der Waals surface area contributed by atoms with Crippen LogP contribution in [-0.2, 0) is 13.1 Å². The van der Waals surface area contributed by atoms with Crippen molar-refractivity contribution >= 4 is 64.9 Å². The molecule has 2 nitrogen and oxygen atoms in total. The summed E-state index contributed by atoms with van der Waals surface area (Å²) in [6.07, 6.45) is 10.5. The first-order chi connectivity index (χ1) is 14.8. The smallest absolute Gasteiger partial charge is 0.0601 e. The summed E-state index contributed by atoms with van der Waals surface area (Å²) < 4.78 is 8.11. The number of thiophene rings is 2. The van der Waals surface area contributed by atoms with E-state index in [2.05, 4.69) is 58.0 Å². The highest BCUT2D eigenvalue weighted by atomic mass is 32.1. The van der Waals surface area contributed by atoms with Gasteiger partial charge in [-0.15, -0.1) is 22.7 Å². The molecule has 4 heterocycles. The number of aryl methyl sites for hydroxylation is 2. The number of benzene rings is 1. The Labute approximate surface area is 187 Å². The number of fused-ring (bicyclic) bond motifs is 6. The molecule has 0 radical (unpaired) electrons. The van der Waals surface area contributed by atoms with Crippen LogP contribution in [0.4, 0.5) is 0 Å². The van der Waals surface area contributed by atoms with E-state index >= 15 is 0 Å². The number of unbranched alkanes of at least 4 members (excludes halogenated alkanes) is 6. The maximum absolute atomic E-state index is 2.59. The molecule has 0 fully saturated rings. The fourth-order valence-electron chi connectivity index (χ4n) is 4.96. The Morgan fingerprint density at radius 3 is 1.50 bits per heavy atom. The lowest BCUT2D eigenvalue weighted by molar-refractivity contribution is 0.602. The largest absolute Gasteiger partial charge is 0.340 e. The summed E-state index contributed by atoms with van der Waals surface area (Å²) in [7, 11) is 0. The molecule has 30 heavy (non-hydrogen) atoms. The molecule has 0 bridgehead atoms. The van der Waals surface area contributed by atoms with Crippen molar-refractivity contribution in [3.63, 3.8) is 0 Å². The quantitative estimate of drug-likeness (QED) is 0.193. The van der Waals surface area contributed by atoms with Gasteiger partial charge in [-0.25, -0.2) is 0 Å². The monoisotopic (exact) mass is 436 g/mol. The average Bonchev–Trinajstić information content (AvgIpc) is 3.51. The van der Waals surface area contributed by atoms with Crippen LogP contribution in [0.3, 0.4) is 0 Å². The first kappa shape index (κ1) is 20.1. The first-order valence-electron chi connectivity index (χ1n) is 11.7. The van der Waals surface area contributed by atoms with Gasteiger partial charge in [-0.2, -0.15) is 0 Å². The van der Waals surface area contributed by atoms with Gasteiger partial charge in [0.25, 0.3) is 0 Å². The van der Waals surface area contributed by atoms with E-state index in [0.717, 1.165) is 13.1 Å². The second kappa shape index (κ2) is 8.76. The van der Waals surface area contributed by atoms with Crippen LogP contribution in [0.5, 0.6) is 0 Å². The summed E-state index contributed by atoms with van der Waals surface area (Å²) >= 11 is 3.80. The van der Waals surface area contributed by atoms with E-state index in [4.69, 9.17) is 0 Å². The fraction of sp³-hybridized carbons (Fsp3) is 0.462. The highest BCUT2D eigenvalue weighted by Crippen LogP contribution is 2.40. The van der Waals surface area contributed by atoms with Crippen molar-refractivity contribution in [1.82, 2.24) is 9.13 Å². The zero-order valence-electron chi connectivity index (χ0n) is 18.2. The molecule has 5 rings (SSSR count). The molecule has 0 unspecified atom stereocenters. The van der Waals surface area contributed by atoms with Crippen LogP contribution in [0.1, 0.15) is 65.2 Å². The average molecular weight is 437 g/mol. The maximum Gasteiger partial charge on any atom is 0.0601 e. The molecule has 158 valence electrons. The van der Waals surface area contributed by atoms with E-state index in [1.165, 1.54) is 93.6 Å². The summed E-state index contributed by atoms with van der Waals surface area (Å²) in [5, 5.41) is 7.42. The Morgan fingerprint density at radius 1 is 0.600 bits per heavy atom. The van der Waals surface area contributed by atoms with Crippen LogP contribution in [-0.4, -0.2) is 9.13 Å². The van der Waals surface area contributed by atoms with Crippen molar-refractivity contribution in [2.45, 2.75) is 78.3 Å². The molecule has 4 aromatic heterocycles. The van der Waals surface area contributed by atoms with Crippen LogP contribution in [0, 0.1) is 0 Å². The van der Waals surface area contributed by atoms with Crippen molar-refractivity contribution in [2.75, 3.05) is 0 Å². The number of aromatic nitrogens is 2. The Morgan fingerprint density at radius 2 is 1.07 bits per heavy atom. The molecular weight excluding hydrogens is 404 g/mol. The van der Waals surface area contributed by atoms with E-state index < -0.39 is 0 Å². The lowest BCUT2D eigenvalue weighted by Gasteiger charge is -2.09. The highest BCUT2D eigenvalue weighted by molar-refractivity contribution is 7.18. The lowest BCUT2D eigenvalue weighted by Crippen LogP contribution is -1.98. The molecule has 0 aliphatic rings. The van der Waals surface area contributed by atoms with Crippen molar-refractivity contribution in [3.05, 3.63) is 35.0 Å². The summed E-state index contributed by atoms with van der Waals surface area (Å²) in [5.74, 6) is 0. The normalized spacial score (nSPS) is 12.3. The van der Waals surface area contributed by atoms with Gasteiger partial charge in [0.2, 0.25) is 0 Å². The van der Waals surface area contributed by atoms with Crippen molar-refractivity contribution in [1.29, 1.82) is 0 Å². The van der Waals surface area contributed by atoms with E-state index in [1.807, 2.05) is 22.7 Å². The fourth-order valence-corrected chi connectivity index (χ4v) is 6.80. The highest BCUT2D eigenvalue weighted by Gasteiger charge is 2.17. The van der Waals surface area contributed by atoms with E-state index in [0.29, 0.717) is 0 Å². The zero-order valence-corrected chi connectivity index (χ0v) is 19.9. The molecule has 0 saturated heterocycles. The van der Waals surface area contributed by atoms with Crippen LogP contribution >= 0.6 is 22.7 Å². The Hall–Kier alpha value is -1.78. The van der Waals surface area contributed by atoms with Crippen molar-refractivity contribution in [3.8, 4) is 0 Å². The van der Waals surface area contributed by atoms with Crippen LogP contribution in [0.25, 0.3) is 42.2 Å². The third-order valence-corrected chi connectivity index (χ3v) is 8.40. The van der Waals surface area contributed by atoms with Crippen molar-refractivity contribution in [2.24, 2.45) is 0 Å². The van der Waals surface area contributed by atoms with Gasteiger partial charge < -0.3 is 9.13 Å². The number of hydrogen-bond acceptors (Lipinski definition) is 2. The molecule has 0 spiro atoms. The van der Waals surface area contributed by atoms with Gasteiger partial charge in [0.1, 0.15) is 0 Å². The van der Waals surface area contributed by atoms with Gasteiger partial charge in [0.15, 0.2) is 0 Å². The summed E-state index contributed by atoms with van der Waals surface area (Å²) in [6, 6.07) is 9.64. The van der Waals surface area contributed by atoms with Gasteiger partial charge in [-0.05, 0) is 47.9 Å². The second-order valence-electron chi connectivity index (χ2n) is 8.58. The predicted molar refractivity (Wildman–Crippen MR) is 136 cm³/mol. The van der Waals surface area contributed by atoms with E-state index in [-0.39, 0.29) is 0 Å². The molecule has 0 amide bonds. The molecule has 0 saturated carbocycles. The third-order valence-electron chi connectivity index (χ3n) is 6.53. The molecule has 0 aliphatic heterocycles. The van der Waals surface area contributed by atoms with Gasteiger partial charge >= 0.3 is 0 Å². The van der Waals surface area contributed by atoms with Crippen molar-refractivity contribution < 1.29 is 0 Å². The second-order valence-corrected chi connectivity index (χ2v) is 10.4. The maximum atomic E-state index is 2.59. The molecule has 5 aromatic rings. The standard InChI is InChI=1S/C26H32N2S2/c1-3-5-7-9-13-27-21-11-15-29-25(21)19-18-24-20(17-23(19)27)26-22(12-16-30-26)28(24)14-10-8-6-4-2/h11-12,15-18H,3-10,13-14H2,1-2H3. The molecule has 1 aromatic carbocycles. The summed E-state index contributed by atoms with van der Waals surface area (Å²) in [6.45, 7) is 6.84. The first-order valence-corrected chi connectivity index (χ1v) is 13.5. The van der Waals surface area contributed by atoms with E-state index in [9.17, 15) is 0 Å². The lowest BCUT2D eigenvalue weighted by atomic mass is 10.1. The zero-order chi connectivity index (χ0) is 20.5. The number of rotatable bonds is 10. The Balaban J connectivity index is 1.63. The molecule has 0 N–H and O–H groups in total. The summed E-state index contributed by atoms with van der Waals surface area (Å²) in [5.41, 5.74) is 5.71. The predicted octanol–water partition coefficient (Wildman–Crippen LogP) is 9.19. The van der Waals surface area contributed by atoms with Crippen LogP contribution < -0.4 is 0 Å². The minimum Gasteiger partial charge on any atom is -0.340 e. The third kappa shape index (κ3) is 3.38. The van der Waals surface area contributed by atoms with Gasteiger partial charge in [0, 0.05) is 23.9 Å². The minimum atomic E-state index is 1.13. The van der Waals surface area contributed by atoms with Crippen LogP contribution in [0.2, 0.25) is 0 Å².